The van der Waals surface area contributed by atoms with Crippen LogP contribution in [0.3, 0.4) is 0 Å². The summed E-state index contributed by atoms with van der Waals surface area (Å²) in [6.45, 7) is 2.60. The van der Waals surface area contributed by atoms with E-state index in [4.69, 9.17) is 11.6 Å². The van der Waals surface area contributed by atoms with Gasteiger partial charge in [-0.25, -0.2) is 4.39 Å². The summed E-state index contributed by atoms with van der Waals surface area (Å²) in [5.74, 6) is -0.451. The molecule has 0 aliphatic rings. The molecule has 2 aromatic rings. The molecule has 0 unspecified atom stereocenters. The standard InChI is InChI=1S/C14H12BrClFNOS/c1-2-18(14(19)12-5-6-13(16)20-12)8-9-7-10(15)3-4-11(9)17/h3-7H,2,8H2,1H3. The van der Waals surface area contributed by atoms with Crippen LogP contribution in [0.1, 0.15) is 22.2 Å². The summed E-state index contributed by atoms with van der Waals surface area (Å²) >= 11 is 10.4. The lowest BCUT2D eigenvalue weighted by atomic mass is 10.2. The van der Waals surface area contributed by atoms with Crippen LogP contribution in [0, 0.1) is 5.82 Å². The fourth-order valence-corrected chi connectivity index (χ4v) is 3.20. The van der Waals surface area contributed by atoms with Crippen molar-refractivity contribution < 1.29 is 9.18 Å². The largest absolute Gasteiger partial charge is 0.334 e. The minimum Gasteiger partial charge on any atom is -0.334 e. The number of nitrogens with zero attached hydrogens (tertiary/aromatic N) is 1. The number of thiophene rings is 1. The van der Waals surface area contributed by atoms with E-state index in [1.54, 1.807) is 29.2 Å². The average Bonchev–Trinajstić information content (AvgIpc) is 2.85. The monoisotopic (exact) mass is 375 g/mol. The van der Waals surface area contributed by atoms with Crippen LogP contribution in [0.25, 0.3) is 0 Å². The lowest BCUT2D eigenvalue weighted by molar-refractivity contribution is 0.0756. The molecule has 0 radical (unpaired) electrons. The van der Waals surface area contributed by atoms with Gasteiger partial charge in [0, 0.05) is 23.1 Å². The lowest BCUT2D eigenvalue weighted by Gasteiger charge is -2.20. The first kappa shape index (κ1) is 15.5. The summed E-state index contributed by atoms with van der Waals surface area (Å²) in [7, 11) is 0. The van der Waals surface area contributed by atoms with Crippen LogP contribution in [-0.2, 0) is 6.54 Å². The molecule has 1 heterocycles. The molecule has 0 saturated carbocycles. The van der Waals surface area contributed by atoms with Crippen molar-refractivity contribution in [1.29, 1.82) is 0 Å². The Labute approximate surface area is 134 Å². The van der Waals surface area contributed by atoms with Crippen molar-refractivity contribution in [3.05, 3.63) is 55.4 Å². The molecule has 0 aliphatic carbocycles. The van der Waals surface area contributed by atoms with Gasteiger partial charge in [-0.15, -0.1) is 11.3 Å². The van der Waals surface area contributed by atoms with E-state index in [-0.39, 0.29) is 18.3 Å². The minimum atomic E-state index is -0.316. The molecule has 0 spiro atoms. The van der Waals surface area contributed by atoms with Crippen LogP contribution in [0.2, 0.25) is 4.34 Å². The predicted octanol–water partition coefficient (Wildman–Crippen LogP) is 4.97. The van der Waals surface area contributed by atoms with Gasteiger partial charge in [0.05, 0.1) is 9.21 Å². The highest BCUT2D eigenvalue weighted by atomic mass is 79.9. The Hall–Kier alpha value is -0.910. The van der Waals surface area contributed by atoms with Crippen molar-refractivity contribution in [2.75, 3.05) is 6.54 Å². The molecular formula is C14H12BrClFNOS. The smallest absolute Gasteiger partial charge is 0.264 e. The number of carbonyl (C=O) groups is 1. The zero-order chi connectivity index (χ0) is 14.7. The summed E-state index contributed by atoms with van der Waals surface area (Å²) in [6.07, 6.45) is 0. The predicted molar refractivity (Wildman–Crippen MR) is 83.8 cm³/mol. The van der Waals surface area contributed by atoms with Crippen LogP contribution < -0.4 is 0 Å². The minimum absolute atomic E-state index is 0.135. The van der Waals surface area contributed by atoms with Gasteiger partial charge >= 0.3 is 0 Å². The molecule has 1 aromatic heterocycles. The molecule has 0 atom stereocenters. The van der Waals surface area contributed by atoms with Crippen LogP contribution in [-0.4, -0.2) is 17.4 Å². The SMILES string of the molecule is CCN(Cc1cc(Br)ccc1F)C(=O)c1ccc(Cl)s1. The van der Waals surface area contributed by atoms with Crippen molar-refractivity contribution in [2.24, 2.45) is 0 Å². The third-order valence-electron chi connectivity index (χ3n) is 2.82. The van der Waals surface area contributed by atoms with E-state index in [0.29, 0.717) is 21.3 Å². The summed E-state index contributed by atoms with van der Waals surface area (Å²) in [4.78, 5) is 14.5. The lowest BCUT2D eigenvalue weighted by Crippen LogP contribution is -2.30. The van der Waals surface area contributed by atoms with E-state index < -0.39 is 0 Å². The van der Waals surface area contributed by atoms with Gasteiger partial charge in [-0.05, 0) is 37.3 Å². The summed E-state index contributed by atoms with van der Waals surface area (Å²) < 4.78 is 15.1. The molecule has 2 nitrogen and oxygen atoms in total. The van der Waals surface area contributed by atoms with Crippen molar-refractivity contribution in [3.63, 3.8) is 0 Å². The Morgan fingerprint density at radius 1 is 1.40 bits per heavy atom. The Kier molecular flexibility index (Phi) is 5.18. The number of benzene rings is 1. The number of carbonyl (C=O) groups excluding carboxylic acids is 1. The highest BCUT2D eigenvalue weighted by Crippen LogP contribution is 2.24. The van der Waals surface area contributed by atoms with Gasteiger partial charge in [0.2, 0.25) is 0 Å². The number of amides is 1. The first-order chi connectivity index (χ1) is 9.51. The Morgan fingerprint density at radius 2 is 2.15 bits per heavy atom. The van der Waals surface area contributed by atoms with Gasteiger partial charge in [0.15, 0.2) is 0 Å². The van der Waals surface area contributed by atoms with E-state index in [9.17, 15) is 9.18 Å². The van der Waals surface area contributed by atoms with Crippen LogP contribution in [0.15, 0.2) is 34.8 Å². The molecule has 1 aromatic carbocycles. The first-order valence-electron chi connectivity index (χ1n) is 5.99. The van der Waals surface area contributed by atoms with Crippen molar-refractivity contribution >= 4 is 44.8 Å². The van der Waals surface area contributed by atoms with Gasteiger partial charge in [-0.1, -0.05) is 27.5 Å². The van der Waals surface area contributed by atoms with Crippen LogP contribution in [0.5, 0.6) is 0 Å². The molecule has 2 rings (SSSR count). The zero-order valence-electron chi connectivity index (χ0n) is 10.7. The van der Waals surface area contributed by atoms with Gasteiger partial charge in [0.1, 0.15) is 5.82 Å². The van der Waals surface area contributed by atoms with E-state index in [1.165, 1.54) is 17.4 Å². The molecule has 0 fully saturated rings. The molecule has 6 heteroatoms. The Balaban J connectivity index is 2.20. The normalized spacial score (nSPS) is 10.6. The Bertz CT molecular complexity index is 631. The van der Waals surface area contributed by atoms with E-state index in [2.05, 4.69) is 15.9 Å². The third kappa shape index (κ3) is 3.59. The quantitative estimate of drug-likeness (QED) is 0.738. The maximum atomic E-state index is 13.8. The van der Waals surface area contributed by atoms with E-state index in [0.717, 1.165) is 4.47 Å². The first-order valence-corrected chi connectivity index (χ1v) is 7.98. The molecule has 20 heavy (non-hydrogen) atoms. The van der Waals surface area contributed by atoms with Gasteiger partial charge < -0.3 is 4.90 Å². The van der Waals surface area contributed by atoms with Crippen LogP contribution in [0.4, 0.5) is 4.39 Å². The number of hydrogen-bond donors (Lipinski definition) is 0. The molecule has 0 bridgehead atoms. The number of hydrogen-bond acceptors (Lipinski definition) is 2. The third-order valence-corrected chi connectivity index (χ3v) is 4.53. The van der Waals surface area contributed by atoms with Gasteiger partial charge in [-0.2, -0.15) is 0 Å². The molecule has 0 aliphatic heterocycles. The topological polar surface area (TPSA) is 20.3 Å². The maximum absolute atomic E-state index is 13.8. The van der Waals surface area contributed by atoms with Crippen molar-refractivity contribution in [3.8, 4) is 0 Å². The highest BCUT2D eigenvalue weighted by molar-refractivity contribution is 9.10. The van der Waals surface area contributed by atoms with E-state index in [1.807, 2.05) is 6.92 Å². The van der Waals surface area contributed by atoms with Gasteiger partial charge in [-0.3, -0.25) is 4.79 Å². The van der Waals surface area contributed by atoms with Gasteiger partial charge in [0.25, 0.3) is 5.91 Å². The second-order valence-corrected chi connectivity index (χ2v) is 6.79. The number of rotatable bonds is 4. The van der Waals surface area contributed by atoms with Crippen LogP contribution >= 0.6 is 38.9 Å². The molecule has 106 valence electrons. The maximum Gasteiger partial charge on any atom is 0.264 e. The highest BCUT2D eigenvalue weighted by Gasteiger charge is 2.18. The fourth-order valence-electron chi connectivity index (χ4n) is 1.78. The van der Waals surface area contributed by atoms with E-state index >= 15 is 0 Å². The molecule has 0 saturated heterocycles. The molecule has 0 N–H and O–H groups in total. The number of halogens is 3. The summed E-state index contributed by atoms with van der Waals surface area (Å²) in [6, 6.07) is 8.09. The fraction of sp³-hybridized carbons (Fsp3) is 0.214. The summed E-state index contributed by atoms with van der Waals surface area (Å²) in [5.41, 5.74) is 0.484. The average molecular weight is 377 g/mol. The molecule has 1 amide bonds. The Morgan fingerprint density at radius 3 is 2.75 bits per heavy atom. The summed E-state index contributed by atoms with van der Waals surface area (Å²) in [5, 5.41) is 0. The molecular weight excluding hydrogens is 365 g/mol. The second kappa shape index (κ2) is 6.70. The second-order valence-electron chi connectivity index (χ2n) is 4.16. The van der Waals surface area contributed by atoms with Crippen molar-refractivity contribution in [1.82, 2.24) is 4.90 Å². The zero-order valence-corrected chi connectivity index (χ0v) is 13.9. The van der Waals surface area contributed by atoms with Crippen molar-refractivity contribution in [2.45, 2.75) is 13.5 Å².